The van der Waals surface area contributed by atoms with Crippen LogP contribution in [0.25, 0.3) is 17.1 Å². The van der Waals surface area contributed by atoms with Crippen LogP contribution in [0.5, 0.6) is 0 Å². The van der Waals surface area contributed by atoms with E-state index in [0.717, 1.165) is 23.1 Å². The number of nitrogens with one attached hydrogen (secondary N) is 1. The number of thioether (sulfide) groups is 1. The molecule has 0 bridgehead atoms. The first-order chi connectivity index (χ1) is 14.5. The van der Waals surface area contributed by atoms with E-state index in [2.05, 4.69) is 15.5 Å². The molecule has 4 rings (SSSR count). The van der Waals surface area contributed by atoms with Gasteiger partial charge in [-0.2, -0.15) is 0 Å². The molecule has 0 aliphatic rings. The summed E-state index contributed by atoms with van der Waals surface area (Å²) in [5.41, 5.74) is 2.03. The third-order valence-electron chi connectivity index (χ3n) is 4.29. The monoisotopic (exact) mass is 442 g/mol. The predicted octanol–water partition coefficient (Wildman–Crippen LogP) is 5.36. The third-order valence-corrected chi connectivity index (χ3v) is 5.53. The molecule has 30 heavy (non-hydrogen) atoms. The first kappa shape index (κ1) is 20.2. The quantitative estimate of drug-likeness (QED) is 0.407. The van der Waals surface area contributed by atoms with E-state index < -0.39 is 5.82 Å². The van der Waals surface area contributed by atoms with Crippen LogP contribution in [0, 0.1) is 12.7 Å². The maximum atomic E-state index is 13.2. The molecule has 0 atom stereocenters. The number of nitrogens with zero attached hydrogens (tertiary/aromatic N) is 3. The van der Waals surface area contributed by atoms with E-state index in [1.54, 1.807) is 6.26 Å². The standard InChI is InChI=1S/C21H16ClFN4O2S/c1-13-16(9-10-29-13)20-25-26-21(27(20)15-5-3-2-4-6-15)30-12-19(28)24-18-8-7-14(23)11-17(18)22/h2-11H,12H2,1H3,(H,24,28). The van der Waals surface area contributed by atoms with E-state index >= 15 is 0 Å². The van der Waals surface area contributed by atoms with Gasteiger partial charge in [0, 0.05) is 5.69 Å². The largest absolute Gasteiger partial charge is 0.469 e. The van der Waals surface area contributed by atoms with Crippen LogP contribution in [0.1, 0.15) is 5.76 Å². The fourth-order valence-electron chi connectivity index (χ4n) is 2.87. The number of halogens is 2. The molecule has 0 saturated carbocycles. The van der Waals surface area contributed by atoms with E-state index in [4.69, 9.17) is 16.0 Å². The molecule has 2 heterocycles. The average molecular weight is 443 g/mol. The summed E-state index contributed by atoms with van der Waals surface area (Å²) >= 11 is 7.21. The van der Waals surface area contributed by atoms with Crippen LogP contribution in [0.3, 0.4) is 0 Å². The van der Waals surface area contributed by atoms with Gasteiger partial charge in [-0.3, -0.25) is 9.36 Å². The second-order valence-electron chi connectivity index (χ2n) is 6.33. The zero-order chi connectivity index (χ0) is 21.1. The van der Waals surface area contributed by atoms with Crippen molar-refractivity contribution < 1.29 is 13.6 Å². The number of rotatable bonds is 6. The molecular formula is C21H16ClFN4O2S. The van der Waals surface area contributed by atoms with Crippen LogP contribution in [-0.2, 0) is 4.79 Å². The summed E-state index contributed by atoms with van der Waals surface area (Å²) in [7, 11) is 0. The van der Waals surface area contributed by atoms with E-state index in [1.165, 1.54) is 23.9 Å². The van der Waals surface area contributed by atoms with Gasteiger partial charge in [0.2, 0.25) is 5.91 Å². The van der Waals surface area contributed by atoms with Crippen molar-refractivity contribution in [2.24, 2.45) is 0 Å². The molecule has 0 unspecified atom stereocenters. The van der Waals surface area contributed by atoms with Gasteiger partial charge in [-0.1, -0.05) is 41.6 Å². The Morgan fingerprint density at radius 2 is 2.00 bits per heavy atom. The second kappa shape index (κ2) is 8.73. The van der Waals surface area contributed by atoms with Gasteiger partial charge in [-0.15, -0.1) is 10.2 Å². The minimum atomic E-state index is -0.467. The fraction of sp³-hybridized carbons (Fsp3) is 0.0952. The lowest BCUT2D eigenvalue weighted by Gasteiger charge is -2.10. The Hall–Kier alpha value is -3.10. The van der Waals surface area contributed by atoms with Crippen molar-refractivity contribution in [1.29, 1.82) is 0 Å². The number of aromatic nitrogens is 3. The molecule has 2 aromatic heterocycles. The molecule has 0 fully saturated rings. The Bertz CT molecular complexity index is 1190. The van der Waals surface area contributed by atoms with Gasteiger partial charge in [-0.25, -0.2) is 4.39 Å². The molecule has 1 N–H and O–H groups in total. The minimum absolute atomic E-state index is 0.0725. The summed E-state index contributed by atoms with van der Waals surface area (Å²) in [6, 6.07) is 15.3. The molecule has 0 aliphatic carbocycles. The average Bonchev–Trinajstić information content (AvgIpc) is 3.35. The lowest BCUT2D eigenvalue weighted by atomic mass is 10.2. The number of hydrogen-bond donors (Lipinski definition) is 1. The van der Waals surface area contributed by atoms with Crippen LogP contribution in [-0.4, -0.2) is 26.4 Å². The number of carbonyl (C=O) groups is 1. The first-order valence-electron chi connectivity index (χ1n) is 8.96. The van der Waals surface area contributed by atoms with E-state index in [1.807, 2.05) is 47.9 Å². The summed E-state index contributed by atoms with van der Waals surface area (Å²) in [6.45, 7) is 1.85. The Labute approximate surface area is 181 Å². The van der Waals surface area contributed by atoms with Crippen molar-refractivity contribution in [3.63, 3.8) is 0 Å². The highest BCUT2D eigenvalue weighted by Crippen LogP contribution is 2.30. The van der Waals surface area contributed by atoms with Crippen LogP contribution >= 0.6 is 23.4 Å². The van der Waals surface area contributed by atoms with Crippen molar-refractivity contribution in [2.45, 2.75) is 12.1 Å². The topological polar surface area (TPSA) is 72.9 Å². The number of para-hydroxylation sites is 1. The second-order valence-corrected chi connectivity index (χ2v) is 7.68. The van der Waals surface area contributed by atoms with Crippen LogP contribution in [0.4, 0.5) is 10.1 Å². The SMILES string of the molecule is Cc1occc1-c1nnc(SCC(=O)Nc2ccc(F)cc2Cl)n1-c1ccccc1. The lowest BCUT2D eigenvalue weighted by molar-refractivity contribution is -0.113. The van der Waals surface area contributed by atoms with E-state index in [-0.39, 0.29) is 16.7 Å². The minimum Gasteiger partial charge on any atom is -0.469 e. The van der Waals surface area contributed by atoms with Crippen molar-refractivity contribution >= 4 is 35.0 Å². The molecule has 1 amide bonds. The van der Waals surface area contributed by atoms with Crippen molar-refractivity contribution in [1.82, 2.24) is 14.8 Å². The number of benzene rings is 2. The third kappa shape index (κ3) is 4.24. The normalized spacial score (nSPS) is 10.9. The van der Waals surface area contributed by atoms with Gasteiger partial charge < -0.3 is 9.73 Å². The van der Waals surface area contributed by atoms with Gasteiger partial charge in [0.15, 0.2) is 11.0 Å². The highest BCUT2D eigenvalue weighted by atomic mass is 35.5. The van der Waals surface area contributed by atoms with Crippen molar-refractivity contribution in [2.75, 3.05) is 11.1 Å². The summed E-state index contributed by atoms with van der Waals surface area (Å²) in [5, 5.41) is 12.0. The smallest absolute Gasteiger partial charge is 0.234 e. The van der Waals surface area contributed by atoms with Crippen LogP contribution < -0.4 is 5.32 Å². The summed E-state index contributed by atoms with van der Waals surface area (Å²) in [4.78, 5) is 12.4. The molecule has 6 nitrogen and oxygen atoms in total. The lowest BCUT2D eigenvalue weighted by Crippen LogP contribution is -2.15. The molecule has 0 radical (unpaired) electrons. The predicted molar refractivity (Wildman–Crippen MR) is 115 cm³/mol. The highest BCUT2D eigenvalue weighted by Gasteiger charge is 2.19. The molecular weight excluding hydrogens is 427 g/mol. The summed E-state index contributed by atoms with van der Waals surface area (Å²) < 4.78 is 20.5. The fourth-order valence-corrected chi connectivity index (χ4v) is 3.84. The van der Waals surface area contributed by atoms with Gasteiger partial charge in [0.1, 0.15) is 11.6 Å². The summed E-state index contributed by atoms with van der Waals surface area (Å²) in [6.07, 6.45) is 1.60. The Balaban J connectivity index is 1.58. The Kier molecular flexibility index (Phi) is 5.87. The molecule has 0 aliphatic heterocycles. The van der Waals surface area contributed by atoms with Gasteiger partial charge in [0.05, 0.1) is 28.3 Å². The number of amides is 1. The molecule has 152 valence electrons. The van der Waals surface area contributed by atoms with Gasteiger partial charge >= 0.3 is 0 Å². The van der Waals surface area contributed by atoms with Crippen LogP contribution in [0.2, 0.25) is 5.02 Å². The van der Waals surface area contributed by atoms with Crippen molar-refractivity contribution in [3.8, 4) is 17.1 Å². The Morgan fingerprint density at radius 1 is 1.20 bits per heavy atom. The van der Waals surface area contributed by atoms with E-state index in [0.29, 0.717) is 16.7 Å². The zero-order valence-electron chi connectivity index (χ0n) is 15.8. The Morgan fingerprint density at radius 3 is 2.70 bits per heavy atom. The van der Waals surface area contributed by atoms with E-state index in [9.17, 15) is 9.18 Å². The highest BCUT2D eigenvalue weighted by molar-refractivity contribution is 7.99. The zero-order valence-corrected chi connectivity index (χ0v) is 17.4. The maximum Gasteiger partial charge on any atom is 0.234 e. The molecule has 4 aromatic rings. The maximum absolute atomic E-state index is 13.2. The molecule has 2 aromatic carbocycles. The van der Waals surface area contributed by atoms with Gasteiger partial charge in [-0.05, 0) is 43.3 Å². The van der Waals surface area contributed by atoms with Crippen molar-refractivity contribution in [3.05, 3.63) is 77.5 Å². The van der Waals surface area contributed by atoms with Gasteiger partial charge in [0.25, 0.3) is 0 Å². The molecule has 0 spiro atoms. The molecule has 9 heteroatoms. The number of carbonyl (C=O) groups excluding carboxylic acids is 1. The number of hydrogen-bond acceptors (Lipinski definition) is 5. The number of anilines is 1. The summed E-state index contributed by atoms with van der Waals surface area (Å²) in [5.74, 6) is 0.655. The molecule has 0 saturated heterocycles. The number of furan rings is 1. The van der Waals surface area contributed by atoms with Crippen LogP contribution in [0.15, 0.2) is 70.4 Å². The first-order valence-corrected chi connectivity index (χ1v) is 10.3. The number of aryl methyl sites for hydroxylation is 1.